The van der Waals surface area contributed by atoms with Crippen molar-refractivity contribution in [2.24, 2.45) is 0 Å². The molecule has 0 aromatic heterocycles. The van der Waals surface area contributed by atoms with Crippen LogP contribution in [-0.4, -0.2) is 47.2 Å². The molecule has 5 heteroatoms. The van der Waals surface area contributed by atoms with Gasteiger partial charge in [0.1, 0.15) is 11.6 Å². The molecule has 5 nitrogen and oxygen atoms in total. The summed E-state index contributed by atoms with van der Waals surface area (Å²) < 4.78 is 4.79. The van der Waals surface area contributed by atoms with E-state index in [1.165, 1.54) is 7.11 Å². The van der Waals surface area contributed by atoms with Crippen molar-refractivity contribution in [1.82, 2.24) is 4.90 Å². The number of ether oxygens (including phenoxy) is 1. The second kappa shape index (κ2) is 3.48. The molecule has 0 bridgehead atoms. The molecule has 2 aliphatic heterocycles. The number of fused-ring (bicyclic) bond motifs is 1. The highest BCUT2D eigenvalue weighted by atomic mass is 16.5. The first-order chi connectivity index (χ1) is 7.12. The first-order valence-corrected chi connectivity index (χ1v) is 5.20. The monoisotopic (exact) mass is 213 g/mol. The highest BCUT2D eigenvalue weighted by Crippen LogP contribution is 2.43. The van der Waals surface area contributed by atoms with Crippen LogP contribution < -0.4 is 0 Å². The Morgan fingerprint density at radius 2 is 2.20 bits per heavy atom. The Morgan fingerprint density at radius 1 is 1.47 bits per heavy atom. The molecule has 2 aliphatic rings. The minimum Gasteiger partial charge on any atom is -0.480 e. The van der Waals surface area contributed by atoms with Crippen molar-refractivity contribution in [2.75, 3.05) is 13.7 Å². The lowest BCUT2D eigenvalue weighted by atomic mass is 9.94. The van der Waals surface area contributed by atoms with Crippen molar-refractivity contribution in [1.29, 1.82) is 0 Å². The Labute approximate surface area is 88.0 Å². The van der Waals surface area contributed by atoms with Gasteiger partial charge in [-0.25, -0.2) is 0 Å². The summed E-state index contributed by atoms with van der Waals surface area (Å²) in [6, 6.07) is -0.508. The number of rotatable bonds is 2. The number of carboxylic acid groups (broad SMARTS) is 1. The molecule has 2 saturated heterocycles. The summed E-state index contributed by atoms with van der Waals surface area (Å²) in [4.78, 5) is 24.5. The highest BCUT2D eigenvalue weighted by molar-refractivity contribution is 5.84. The molecule has 0 radical (unpaired) electrons. The molecule has 0 spiro atoms. The van der Waals surface area contributed by atoms with Gasteiger partial charge in [0.25, 0.3) is 0 Å². The molecule has 84 valence electrons. The van der Waals surface area contributed by atoms with Gasteiger partial charge >= 0.3 is 11.9 Å². The Morgan fingerprint density at radius 3 is 2.80 bits per heavy atom. The van der Waals surface area contributed by atoms with Gasteiger partial charge in [0.05, 0.1) is 7.11 Å². The maximum absolute atomic E-state index is 11.7. The quantitative estimate of drug-likeness (QED) is 0.665. The molecule has 2 fully saturated rings. The molecular weight excluding hydrogens is 198 g/mol. The van der Waals surface area contributed by atoms with Gasteiger partial charge in [-0.2, -0.15) is 0 Å². The van der Waals surface area contributed by atoms with E-state index in [0.29, 0.717) is 19.4 Å². The summed E-state index contributed by atoms with van der Waals surface area (Å²) in [5.74, 6) is -1.11. The lowest BCUT2D eigenvalue weighted by molar-refractivity contribution is -0.154. The summed E-state index contributed by atoms with van der Waals surface area (Å²) >= 11 is 0. The summed E-state index contributed by atoms with van der Waals surface area (Å²) in [6.45, 7) is 0.687. The number of methoxy groups -OCH3 is 1. The van der Waals surface area contributed by atoms with Crippen LogP contribution >= 0.6 is 0 Å². The zero-order valence-electron chi connectivity index (χ0n) is 8.73. The molecule has 0 aliphatic carbocycles. The summed E-state index contributed by atoms with van der Waals surface area (Å²) in [5, 5.41) is 9.04. The molecule has 0 amide bonds. The lowest BCUT2D eigenvalue weighted by Gasteiger charge is -2.30. The number of carbonyl (C=O) groups is 2. The number of esters is 1. The summed E-state index contributed by atoms with van der Waals surface area (Å²) in [6.07, 6.45) is 2.75. The fourth-order valence-corrected chi connectivity index (χ4v) is 2.92. The van der Waals surface area contributed by atoms with Gasteiger partial charge in [0.2, 0.25) is 0 Å². The van der Waals surface area contributed by atoms with E-state index in [0.717, 1.165) is 12.8 Å². The lowest BCUT2D eigenvalue weighted by Crippen LogP contribution is -2.50. The number of carbonyl (C=O) groups excluding carboxylic acids is 1. The number of hydrogen-bond acceptors (Lipinski definition) is 4. The van der Waals surface area contributed by atoms with Crippen LogP contribution in [0.1, 0.15) is 25.7 Å². The minimum atomic E-state index is -0.831. The Balaban J connectivity index is 2.26. The van der Waals surface area contributed by atoms with Gasteiger partial charge in [-0.05, 0) is 25.7 Å². The second-order valence-electron chi connectivity index (χ2n) is 4.21. The third kappa shape index (κ3) is 1.33. The maximum atomic E-state index is 11.7. The summed E-state index contributed by atoms with van der Waals surface area (Å²) in [7, 11) is 1.36. The van der Waals surface area contributed by atoms with Gasteiger partial charge in [-0.1, -0.05) is 0 Å². The normalized spacial score (nSPS) is 35.1. The summed E-state index contributed by atoms with van der Waals surface area (Å²) in [5.41, 5.74) is -0.641. The average Bonchev–Trinajstić information content (AvgIpc) is 2.73. The predicted molar refractivity (Wildman–Crippen MR) is 51.3 cm³/mol. The molecule has 2 rings (SSSR count). The SMILES string of the molecule is COC(=O)C12CCCN1C(C(=O)O)CC2. The van der Waals surface area contributed by atoms with E-state index in [2.05, 4.69) is 0 Å². The first kappa shape index (κ1) is 10.4. The van der Waals surface area contributed by atoms with Gasteiger partial charge in [0.15, 0.2) is 0 Å². The third-order valence-electron chi connectivity index (χ3n) is 3.60. The Kier molecular flexibility index (Phi) is 2.42. The van der Waals surface area contributed by atoms with Crippen molar-refractivity contribution in [3.8, 4) is 0 Å². The highest BCUT2D eigenvalue weighted by Gasteiger charge is 2.56. The molecule has 2 atom stereocenters. The number of hydrogen-bond donors (Lipinski definition) is 1. The van der Waals surface area contributed by atoms with Crippen LogP contribution in [0.25, 0.3) is 0 Å². The van der Waals surface area contributed by atoms with E-state index in [-0.39, 0.29) is 5.97 Å². The Bertz CT molecular complexity index is 304. The molecule has 15 heavy (non-hydrogen) atoms. The van der Waals surface area contributed by atoms with E-state index >= 15 is 0 Å². The van der Waals surface area contributed by atoms with Crippen molar-refractivity contribution >= 4 is 11.9 Å². The van der Waals surface area contributed by atoms with Gasteiger partial charge < -0.3 is 9.84 Å². The number of nitrogens with zero attached hydrogens (tertiary/aromatic N) is 1. The fourth-order valence-electron chi connectivity index (χ4n) is 2.92. The molecular formula is C10H15NO4. The largest absolute Gasteiger partial charge is 0.480 e. The zero-order chi connectivity index (χ0) is 11.1. The fraction of sp³-hybridized carbons (Fsp3) is 0.800. The molecule has 1 N–H and O–H groups in total. The van der Waals surface area contributed by atoms with Gasteiger partial charge in [-0.3, -0.25) is 14.5 Å². The van der Waals surface area contributed by atoms with Crippen LogP contribution in [0.15, 0.2) is 0 Å². The van der Waals surface area contributed by atoms with Crippen molar-refractivity contribution < 1.29 is 19.4 Å². The smallest absolute Gasteiger partial charge is 0.326 e. The molecule has 0 aromatic carbocycles. The Hall–Kier alpha value is -1.10. The van der Waals surface area contributed by atoms with E-state index in [1.54, 1.807) is 4.90 Å². The van der Waals surface area contributed by atoms with E-state index in [1.807, 2.05) is 0 Å². The topological polar surface area (TPSA) is 66.8 Å². The number of aliphatic carboxylic acids is 1. The van der Waals surface area contributed by atoms with Crippen LogP contribution in [0.3, 0.4) is 0 Å². The maximum Gasteiger partial charge on any atom is 0.326 e. The standard InChI is InChI=1S/C10H15NO4/c1-15-9(14)10-4-2-6-11(10)7(3-5-10)8(12)13/h7H,2-6H2,1H3,(H,12,13). The van der Waals surface area contributed by atoms with Gasteiger partial charge in [0, 0.05) is 6.54 Å². The van der Waals surface area contributed by atoms with Gasteiger partial charge in [-0.15, -0.1) is 0 Å². The third-order valence-corrected chi connectivity index (χ3v) is 3.60. The molecule has 0 aromatic rings. The first-order valence-electron chi connectivity index (χ1n) is 5.20. The van der Waals surface area contributed by atoms with E-state index in [9.17, 15) is 9.59 Å². The molecule has 2 heterocycles. The molecule has 2 unspecified atom stereocenters. The van der Waals surface area contributed by atoms with Crippen molar-refractivity contribution in [3.05, 3.63) is 0 Å². The van der Waals surface area contributed by atoms with E-state index < -0.39 is 17.6 Å². The van der Waals surface area contributed by atoms with E-state index in [4.69, 9.17) is 9.84 Å². The average molecular weight is 213 g/mol. The zero-order valence-corrected chi connectivity index (χ0v) is 8.73. The van der Waals surface area contributed by atoms with Crippen molar-refractivity contribution in [2.45, 2.75) is 37.3 Å². The van der Waals surface area contributed by atoms with Crippen LogP contribution in [0.2, 0.25) is 0 Å². The number of carboxylic acids is 1. The predicted octanol–water partition coefficient (Wildman–Crippen LogP) is 0.241. The van der Waals surface area contributed by atoms with Crippen LogP contribution in [-0.2, 0) is 14.3 Å². The van der Waals surface area contributed by atoms with Crippen LogP contribution in [0.5, 0.6) is 0 Å². The van der Waals surface area contributed by atoms with Crippen molar-refractivity contribution in [3.63, 3.8) is 0 Å². The van der Waals surface area contributed by atoms with Crippen LogP contribution in [0.4, 0.5) is 0 Å². The van der Waals surface area contributed by atoms with Crippen LogP contribution in [0, 0.1) is 0 Å². The molecule has 0 saturated carbocycles. The minimum absolute atomic E-state index is 0.274. The second-order valence-corrected chi connectivity index (χ2v) is 4.21.